The van der Waals surface area contributed by atoms with Crippen molar-refractivity contribution >= 4 is 5.91 Å². The van der Waals surface area contributed by atoms with E-state index in [4.69, 9.17) is 4.74 Å². The highest BCUT2D eigenvalue weighted by Gasteiger charge is 2.15. The Hall–Kier alpha value is -1.40. The molecule has 6 heteroatoms. The molecule has 1 aromatic heterocycles. The van der Waals surface area contributed by atoms with Gasteiger partial charge >= 0.3 is 0 Å². The summed E-state index contributed by atoms with van der Waals surface area (Å²) >= 11 is 0. The zero-order chi connectivity index (χ0) is 14.4. The highest BCUT2D eigenvalue weighted by atomic mass is 16.5. The number of aliphatic hydroxyl groups is 1. The van der Waals surface area contributed by atoms with Crippen molar-refractivity contribution in [3.8, 4) is 0 Å². The third kappa shape index (κ3) is 4.65. The lowest BCUT2D eigenvalue weighted by Gasteiger charge is -2.11. The SMILES string of the molecule is CCOC[C@H](O)CNC(=O)c1cc(C(C)C)nn1C. The monoisotopic (exact) mass is 269 g/mol. The molecule has 0 aliphatic heterocycles. The molecular formula is C13H23N3O3. The second-order valence-corrected chi connectivity index (χ2v) is 4.76. The average Bonchev–Trinajstić information content (AvgIpc) is 2.75. The van der Waals surface area contributed by atoms with Crippen LogP contribution in [0, 0.1) is 0 Å². The van der Waals surface area contributed by atoms with Crippen LogP contribution >= 0.6 is 0 Å². The van der Waals surface area contributed by atoms with E-state index in [-0.39, 0.29) is 25.0 Å². The molecular weight excluding hydrogens is 246 g/mol. The molecule has 1 rings (SSSR count). The van der Waals surface area contributed by atoms with Gasteiger partial charge in [0.2, 0.25) is 0 Å². The van der Waals surface area contributed by atoms with E-state index in [2.05, 4.69) is 10.4 Å². The molecule has 0 bridgehead atoms. The number of carbonyl (C=O) groups excluding carboxylic acids is 1. The van der Waals surface area contributed by atoms with Crippen LogP contribution < -0.4 is 5.32 Å². The fraction of sp³-hybridized carbons (Fsp3) is 0.692. The van der Waals surface area contributed by atoms with Crippen molar-refractivity contribution < 1.29 is 14.6 Å². The van der Waals surface area contributed by atoms with E-state index in [9.17, 15) is 9.90 Å². The Bertz CT molecular complexity index is 415. The second-order valence-electron chi connectivity index (χ2n) is 4.76. The van der Waals surface area contributed by atoms with Crippen LogP contribution in [-0.2, 0) is 11.8 Å². The van der Waals surface area contributed by atoms with Gasteiger partial charge in [0.25, 0.3) is 5.91 Å². The van der Waals surface area contributed by atoms with Crippen LogP contribution in [0.5, 0.6) is 0 Å². The number of rotatable bonds is 7. The van der Waals surface area contributed by atoms with E-state index >= 15 is 0 Å². The molecule has 1 atom stereocenters. The molecule has 0 unspecified atom stereocenters. The normalized spacial score (nSPS) is 12.7. The van der Waals surface area contributed by atoms with Gasteiger partial charge in [-0.2, -0.15) is 5.10 Å². The molecule has 0 fully saturated rings. The van der Waals surface area contributed by atoms with Crippen LogP contribution in [0.2, 0.25) is 0 Å². The van der Waals surface area contributed by atoms with Crippen LogP contribution in [0.3, 0.4) is 0 Å². The predicted molar refractivity (Wildman–Crippen MR) is 72.1 cm³/mol. The summed E-state index contributed by atoms with van der Waals surface area (Å²) in [5, 5.41) is 16.5. The third-order valence-corrected chi connectivity index (χ3v) is 2.74. The van der Waals surface area contributed by atoms with Crippen LogP contribution in [0.1, 0.15) is 42.9 Å². The third-order valence-electron chi connectivity index (χ3n) is 2.74. The topological polar surface area (TPSA) is 76.4 Å². The van der Waals surface area contributed by atoms with Gasteiger partial charge in [0.1, 0.15) is 5.69 Å². The van der Waals surface area contributed by atoms with Crippen LogP contribution in [0.4, 0.5) is 0 Å². The molecule has 6 nitrogen and oxygen atoms in total. The minimum atomic E-state index is -0.693. The maximum atomic E-state index is 12.0. The molecule has 1 aromatic rings. The summed E-state index contributed by atoms with van der Waals surface area (Å²) in [5.74, 6) is 0.0359. The maximum absolute atomic E-state index is 12.0. The van der Waals surface area contributed by atoms with E-state index in [0.29, 0.717) is 12.3 Å². The van der Waals surface area contributed by atoms with E-state index in [1.807, 2.05) is 20.8 Å². The fourth-order valence-corrected chi connectivity index (χ4v) is 1.60. The Morgan fingerprint density at radius 2 is 2.26 bits per heavy atom. The standard InChI is InChI=1S/C13H23N3O3/c1-5-19-8-10(17)7-14-13(18)12-6-11(9(2)3)15-16(12)4/h6,9-10,17H,5,7-8H2,1-4H3,(H,14,18)/t10-/m1/s1. The van der Waals surface area contributed by atoms with Crippen molar-refractivity contribution in [2.24, 2.45) is 7.05 Å². The van der Waals surface area contributed by atoms with Crippen LogP contribution in [-0.4, -0.2) is 46.7 Å². The number of amides is 1. The molecule has 19 heavy (non-hydrogen) atoms. The van der Waals surface area contributed by atoms with Crippen molar-refractivity contribution in [3.05, 3.63) is 17.5 Å². The van der Waals surface area contributed by atoms with Crippen molar-refractivity contribution in [2.75, 3.05) is 19.8 Å². The maximum Gasteiger partial charge on any atom is 0.269 e. The predicted octanol–water partition coefficient (Wildman–Crippen LogP) is 0.671. The molecule has 0 aliphatic carbocycles. The Balaban J connectivity index is 2.54. The summed E-state index contributed by atoms with van der Waals surface area (Å²) in [4.78, 5) is 12.0. The van der Waals surface area contributed by atoms with E-state index < -0.39 is 6.10 Å². The van der Waals surface area contributed by atoms with Crippen molar-refractivity contribution in [3.63, 3.8) is 0 Å². The lowest BCUT2D eigenvalue weighted by Crippen LogP contribution is -2.35. The van der Waals surface area contributed by atoms with Crippen LogP contribution in [0.25, 0.3) is 0 Å². The summed E-state index contributed by atoms with van der Waals surface area (Å²) in [5.41, 5.74) is 1.37. The second kappa shape index (κ2) is 7.25. The number of carbonyl (C=O) groups is 1. The van der Waals surface area contributed by atoms with E-state index in [1.165, 1.54) is 0 Å². The number of nitrogens with zero attached hydrogens (tertiary/aromatic N) is 2. The Labute approximate surface area is 113 Å². The summed E-state index contributed by atoms with van der Waals surface area (Å²) < 4.78 is 6.63. The van der Waals surface area contributed by atoms with Gasteiger partial charge in [-0.25, -0.2) is 0 Å². The molecule has 2 N–H and O–H groups in total. The molecule has 108 valence electrons. The lowest BCUT2D eigenvalue weighted by molar-refractivity contribution is 0.0417. The first-order valence-electron chi connectivity index (χ1n) is 6.53. The van der Waals surface area contributed by atoms with Gasteiger partial charge in [-0.05, 0) is 18.9 Å². The lowest BCUT2D eigenvalue weighted by atomic mass is 10.1. The van der Waals surface area contributed by atoms with Gasteiger partial charge in [-0.1, -0.05) is 13.8 Å². The molecule has 0 aromatic carbocycles. The van der Waals surface area contributed by atoms with Gasteiger partial charge in [-0.15, -0.1) is 0 Å². The minimum absolute atomic E-state index is 0.168. The molecule has 0 radical (unpaired) electrons. The Morgan fingerprint density at radius 1 is 1.58 bits per heavy atom. The zero-order valence-corrected chi connectivity index (χ0v) is 12.0. The van der Waals surface area contributed by atoms with Gasteiger partial charge < -0.3 is 15.2 Å². The fourth-order valence-electron chi connectivity index (χ4n) is 1.60. The number of aromatic nitrogens is 2. The molecule has 0 spiro atoms. The van der Waals surface area contributed by atoms with Crippen LogP contribution in [0.15, 0.2) is 6.07 Å². The van der Waals surface area contributed by atoms with Crippen molar-refractivity contribution in [2.45, 2.75) is 32.8 Å². The average molecular weight is 269 g/mol. The Kier molecular flexibility index (Phi) is 5.98. The summed E-state index contributed by atoms with van der Waals surface area (Å²) in [6, 6.07) is 1.77. The van der Waals surface area contributed by atoms with Crippen molar-refractivity contribution in [1.82, 2.24) is 15.1 Å². The van der Waals surface area contributed by atoms with E-state index in [0.717, 1.165) is 5.69 Å². The summed E-state index contributed by atoms with van der Waals surface area (Å²) in [6.07, 6.45) is -0.693. The van der Waals surface area contributed by atoms with Gasteiger partial charge in [-0.3, -0.25) is 9.48 Å². The number of nitrogens with one attached hydrogen (secondary N) is 1. The Morgan fingerprint density at radius 3 is 2.79 bits per heavy atom. The van der Waals surface area contributed by atoms with E-state index in [1.54, 1.807) is 17.8 Å². The smallest absolute Gasteiger partial charge is 0.269 e. The highest BCUT2D eigenvalue weighted by Crippen LogP contribution is 2.13. The highest BCUT2D eigenvalue weighted by molar-refractivity contribution is 5.92. The number of aliphatic hydroxyl groups excluding tert-OH is 1. The molecule has 0 saturated heterocycles. The molecule has 0 saturated carbocycles. The quantitative estimate of drug-likeness (QED) is 0.763. The number of hydrogen-bond acceptors (Lipinski definition) is 4. The largest absolute Gasteiger partial charge is 0.389 e. The van der Waals surface area contributed by atoms with Gasteiger partial charge in [0, 0.05) is 20.2 Å². The summed E-state index contributed by atoms with van der Waals surface area (Å²) in [6.45, 7) is 6.84. The first kappa shape index (κ1) is 15.7. The van der Waals surface area contributed by atoms with Crippen molar-refractivity contribution in [1.29, 1.82) is 0 Å². The summed E-state index contributed by atoms with van der Waals surface area (Å²) in [7, 11) is 1.73. The van der Waals surface area contributed by atoms with Gasteiger partial charge in [0.15, 0.2) is 0 Å². The number of hydrogen-bond donors (Lipinski definition) is 2. The molecule has 1 heterocycles. The molecule has 0 aliphatic rings. The first-order valence-corrected chi connectivity index (χ1v) is 6.53. The number of aryl methyl sites for hydroxylation is 1. The minimum Gasteiger partial charge on any atom is -0.389 e. The zero-order valence-electron chi connectivity index (χ0n) is 12.0. The first-order chi connectivity index (χ1) is 8.95. The number of ether oxygens (including phenoxy) is 1. The molecule has 1 amide bonds. The van der Waals surface area contributed by atoms with Gasteiger partial charge in [0.05, 0.1) is 18.4 Å².